The van der Waals surface area contributed by atoms with Crippen LogP contribution in [0.25, 0.3) is 0 Å². The van der Waals surface area contributed by atoms with Gasteiger partial charge in [-0.3, -0.25) is 4.79 Å². The summed E-state index contributed by atoms with van der Waals surface area (Å²) in [6, 6.07) is -0.00110. The summed E-state index contributed by atoms with van der Waals surface area (Å²) in [6.45, 7) is 3.40. The Kier molecular flexibility index (Phi) is 4.97. The van der Waals surface area contributed by atoms with E-state index in [1.165, 1.54) is 0 Å². The summed E-state index contributed by atoms with van der Waals surface area (Å²) in [4.78, 5) is 11.9. The van der Waals surface area contributed by atoms with E-state index in [2.05, 4.69) is 5.32 Å². The van der Waals surface area contributed by atoms with Gasteiger partial charge in [-0.1, -0.05) is 0 Å². The van der Waals surface area contributed by atoms with Gasteiger partial charge in [0.1, 0.15) is 0 Å². The molecule has 3 N–H and O–H groups in total. The van der Waals surface area contributed by atoms with Gasteiger partial charge in [-0.2, -0.15) is 0 Å². The van der Waals surface area contributed by atoms with E-state index in [-0.39, 0.29) is 30.2 Å². The van der Waals surface area contributed by atoms with E-state index in [1.807, 2.05) is 6.92 Å². The number of carbonyl (C=O) groups is 1. The Morgan fingerprint density at radius 1 is 1.50 bits per heavy atom. The quantitative estimate of drug-likeness (QED) is 0.754. The Hall–Kier alpha value is -0.650. The number of amides is 1. The van der Waals surface area contributed by atoms with Crippen LogP contribution in [0, 0.1) is 0 Å². The number of nitrogens with one attached hydrogen (secondary N) is 1. The van der Waals surface area contributed by atoms with Gasteiger partial charge in [0.2, 0.25) is 5.91 Å². The van der Waals surface area contributed by atoms with E-state index < -0.39 is 0 Å². The molecule has 0 aromatic carbocycles. The number of carbonyl (C=O) groups excluding carboxylic acids is 1. The van der Waals surface area contributed by atoms with Crippen LogP contribution in [-0.2, 0) is 14.3 Å². The first kappa shape index (κ1) is 13.8. The summed E-state index contributed by atoms with van der Waals surface area (Å²) in [5.74, 6) is 0.0340. The van der Waals surface area contributed by atoms with Gasteiger partial charge in [0.25, 0.3) is 0 Å². The van der Waals surface area contributed by atoms with Crippen molar-refractivity contribution in [2.75, 3.05) is 13.2 Å². The van der Waals surface area contributed by atoms with E-state index in [4.69, 9.17) is 15.2 Å². The maximum atomic E-state index is 11.9. The van der Waals surface area contributed by atoms with Crippen molar-refractivity contribution in [1.82, 2.24) is 5.32 Å². The minimum absolute atomic E-state index is 0.0257. The topological polar surface area (TPSA) is 73.6 Å². The molecule has 1 saturated heterocycles. The maximum Gasteiger partial charge on any atom is 0.222 e. The molecule has 0 aromatic rings. The highest BCUT2D eigenvalue weighted by molar-refractivity contribution is 5.77. The second kappa shape index (κ2) is 6.50. The second-order valence-electron chi connectivity index (χ2n) is 5.18. The number of ether oxygens (including phenoxy) is 2. The minimum atomic E-state index is -0.0268. The van der Waals surface area contributed by atoms with Gasteiger partial charge in [0.15, 0.2) is 0 Å². The lowest BCUT2D eigenvalue weighted by Gasteiger charge is -2.42. The molecule has 1 saturated carbocycles. The highest BCUT2D eigenvalue weighted by Crippen LogP contribution is 2.23. The number of rotatable bonds is 5. The first-order valence-corrected chi connectivity index (χ1v) is 6.99. The van der Waals surface area contributed by atoms with E-state index in [0.717, 1.165) is 32.3 Å². The third-order valence-corrected chi connectivity index (χ3v) is 3.76. The summed E-state index contributed by atoms with van der Waals surface area (Å²) < 4.78 is 11.1. The van der Waals surface area contributed by atoms with Crippen LogP contribution in [0.1, 0.15) is 39.0 Å². The Labute approximate surface area is 108 Å². The zero-order chi connectivity index (χ0) is 13.0. The van der Waals surface area contributed by atoms with Crippen LogP contribution < -0.4 is 11.1 Å². The summed E-state index contributed by atoms with van der Waals surface area (Å²) >= 11 is 0. The first-order valence-electron chi connectivity index (χ1n) is 6.99. The van der Waals surface area contributed by atoms with Crippen molar-refractivity contribution in [3.05, 3.63) is 0 Å². The molecule has 1 heterocycles. The van der Waals surface area contributed by atoms with Gasteiger partial charge in [-0.05, 0) is 32.6 Å². The Morgan fingerprint density at radius 2 is 2.33 bits per heavy atom. The standard InChI is InChI=1S/C13H24N2O3/c1-2-17-11-8-10(14)13(11)15-12(16)7-9-5-3-4-6-18-9/h9-11,13H,2-8,14H2,1H3,(H,15,16). The van der Waals surface area contributed by atoms with Crippen LogP contribution >= 0.6 is 0 Å². The number of nitrogens with two attached hydrogens (primary N) is 1. The molecule has 0 spiro atoms. The van der Waals surface area contributed by atoms with Gasteiger partial charge in [0, 0.05) is 19.3 Å². The van der Waals surface area contributed by atoms with Gasteiger partial charge in [0.05, 0.1) is 24.7 Å². The fourth-order valence-electron chi connectivity index (χ4n) is 2.65. The number of hydrogen-bond acceptors (Lipinski definition) is 4. The Bertz CT molecular complexity index is 277. The van der Waals surface area contributed by atoms with Crippen LogP contribution in [0.5, 0.6) is 0 Å². The molecule has 18 heavy (non-hydrogen) atoms. The summed E-state index contributed by atoms with van der Waals surface area (Å²) in [6.07, 6.45) is 4.70. The van der Waals surface area contributed by atoms with Gasteiger partial charge >= 0.3 is 0 Å². The molecule has 104 valence electrons. The van der Waals surface area contributed by atoms with Crippen molar-refractivity contribution in [1.29, 1.82) is 0 Å². The summed E-state index contributed by atoms with van der Waals surface area (Å²) in [5.41, 5.74) is 5.90. The van der Waals surface area contributed by atoms with Crippen molar-refractivity contribution in [3.63, 3.8) is 0 Å². The van der Waals surface area contributed by atoms with Crippen LogP contribution in [0.2, 0.25) is 0 Å². The highest BCUT2D eigenvalue weighted by atomic mass is 16.5. The second-order valence-corrected chi connectivity index (χ2v) is 5.18. The molecule has 5 heteroatoms. The third kappa shape index (κ3) is 3.43. The molecular formula is C13H24N2O3. The molecule has 1 aliphatic heterocycles. The van der Waals surface area contributed by atoms with Gasteiger partial charge < -0.3 is 20.5 Å². The molecule has 0 aromatic heterocycles. The van der Waals surface area contributed by atoms with Crippen LogP contribution in [0.3, 0.4) is 0 Å². The molecule has 2 fully saturated rings. The fraction of sp³-hybridized carbons (Fsp3) is 0.923. The lowest BCUT2D eigenvalue weighted by Crippen LogP contribution is -2.65. The van der Waals surface area contributed by atoms with E-state index in [0.29, 0.717) is 13.0 Å². The highest BCUT2D eigenvalue weighted by Gasteiger charge is 2.40. The molecule has 0 bridgehead atoms. The monoisotopic (exact) mass is 256 g/mol. The predicted molar refractivity (Wildman–Crippen MR) is 68.1 cm³/mol. The van der Waals surface area contributed by atoms with Crippen LogP contribution in [-0.4, -0.2) is 43.4 Å². The van der Waals surface area contributed by atoms with E-state index >= 15 is 0 Å². The summed E-state index contributed by atoms with van der Waals surface area (Å²) in [5, 5.41) is 2.98. The predicted octanol–water partition coefficient (Wildman–Crippen LogP) is 0.567. The van der Waals surface area contributed by atoms with E-state index in [9.17, 15) is 4.79 Å². The minimum Gasteiger partial charge on any atom is -0.378 e. The number of hydrogen-bond donors (Lipinski definition) is 2. The third-order valence-electron chi connectivity index (χ3n) is 3.76. The molecule has 4 unspecified atom stereocenters. The Morgan fingerprint density at radius 3 is 2.94 bits per heavy atom. The SMILES string of the molecule is CCOC1CC(N)C1NC(=O)CC1CCCCO1. The average Bonchev–Trinajstić information content (AvgIpc) is 2.37. The molecule has 2 rings (SSSR count). The van der Waals surface area contributed by atoms with Crippen molar-refractivity contribution < 1.29 is 14.3 Å². The lowest BCUT2D eigenvalue weighted by atomic mass is 9.83. The van der Waals surface area contributed by atoms with Crippen LogP contribution in [0.15, 0.2) is 0 Å². The lowest BCUT2D eigenvalue weighted by molar-refractivity contribution is -0.129. The molecule has 0 radical (unpaired) electrons. The van der Waals surface area contributed by atoms with Crippen molar-refractivity contribution in [2.45, 2.75) is 63.3 Å². The zero-order valence-corrected chi connectivity index (χ0v) is 11.1. The maximum absolute atomic E-state index is 11.9. The van der Waals surface area contributed by atoms with Crippen molar-refractivity contribution >= 4 is 5.91 Å². The summed E-state index contributed by atoms with van der Waals surface area (Å²) in [7, 11) is 0. The van der Waals surface area contributed by atoms with Crippen molar-refractivity contribution in [3.8, 4) is 0 Å². The zero-order valence-electron chi connectivity index (χ0n) is 11.1. The smallest absolute Gasteiger partial charge is 0.222 e. The van der Waals surface area contributed by atoms with Gasteiger partial charge in [-0.15, -0.1) is 0 Å². The average molecular weight is 256 g/mol. The molecule has 4 atom stereocenters. The van der Waals surface area contributed by atoms with Gasteiger partial charge in [-0.25, -0.2) is 0 Å². The first-order chi connectivity index (χ1) is 8.70. The van der Waals surface area contributed by atoms with Crippen molar-refractivity contribution in [2.24, 2.45) is 5.73 Å². The molecule has 2 aliphatic rings. The molecule has 5 nitrogen and oxygen atoms in total. The largest absolute Gasteiger partial charge is 0.378 e. The van der Waals surface area contributed by atoms with Crippen LogP contribution in [0.4, 0.5) is 0 Å². The fourth-order valence-corrected chi connectivity index (χ4v) is 2.65. The molecule has 1 aliphatic carbocycles. The van der Waals surface area contributed by atoms with E-state index in [1.54, 1.807) is 0 Å². The molecular weight excluding hydrogens is 232 g/mol. The normalized spacial score (nSPS) is 35.9. The molecule has 1 amide bonds. The Balaban J connectivity index is 1.72.